The lowest BCUT2D eigenvalue weighted by atomic mass is 10.1. The van der Waals surface area contributed by atoms with Crippen molar-refractivity contribution in [2.75, 3.05) is 12.8 Å². The van der Waals surface area contributed by atoms with Gasteiger partial charge >= 0.3 is 0 Å². The Kier molecular flexibility index (Phi) is 5.92. The van der Waals surface area contributed by atoms with Crippen molar-refractivity contribution in [3.63, 3.8) is 0 Å². The molecule has 14 heavy (non-hydrogen) atoms. The Hall–Kier alpha value is -1.06. The third kappa shape index (κ3) is 4.84. The summed E-state index contributed by atoms with van der Waals surface area (Å²) in [5.74, 6) is 2.48. The molecule has 0 aliphatic rings. The molecule has 0 saturated heterocycles. The van der Waals surface area contributed by atoms with Crippen LogP contribution in [0.25, 0.3) is 0 Å². The number of nitrogens with one attached hydrogen (secondary N) is 1. The smallest absolute Gasteiger partial charge is 0.0996 e. The highest BCUT2D eigenvalue weighted by molar-refractivity contribution is 8.00. The predicted molar refractivity (Wildman–Crippen MR) is 62.7 cm³/mol. The fourth-order valence-corrected chi connectivity index (χ4v) is 1.25. The summed E-state index contributed by atoms with van der Waals surface area (Å²) in [5, 5.41) is 11.9. The Labute approximate surface area is 90.8 Å². The van der Waals surface area contributed by atoms with Crippen LogP contribution >= 0.6 is 11.8 Å². The fourth-order valence-electron chi connectivity index (χ4n) is 0.857. The van der Waals surface area contributed by atoms with Gasteiger partial charge in [-0.1, -0.05) is 12.5 Å². The van der Waals surface area contributed by atoms with Gasteiger partial charge in [0.2, 0.25) is 0 Å². The summed E-state index contributed by atoms with van der Waals surface area (Å²) in [5.41, 5.74) is 0.901. The van der Waals surface area contributed by atoms with Crippen LogP contribution in [0.3, 0.4) is 0 Å². The molecule has 0 heterocycles. The van der Waals surface area contributed by atoms with E-state index in [1.807, 2.05) is 13.2 Å². The van der Waals surface area contributed by atoms with Gasteiger partial charge in [-0.3, -0.25) is 0 Å². The molecule has 0 rings (SSSR count). The van der Waals surface area contributed by atoms with Crippen molar-refractivity contribution in [3.8, 4) is 18.4 Å². The third-order valence-electron chi connectivity index (χ3n) is 2.03. The molecule has 0 radical (unpaired) electrons. The molecule has 0 spiro atoms. The minimum Gasteiger partial charge on any atom is -0.378 e. The highest BCUT2D eigenvalue weighted by Crippen LogP contribution is 2.27. The van der Waals surface area contributed by atoms with Gasteiger partial charge in [-0.15, -0.1) is 18.2 Å². The van der Waals surface area contributed by atoms with Gasteiger partial charge in [-0.2, -0.15) is 5.26 Å². The van der Waals surface area contributed by atoms with Crippen molar-refractivity contribution in [1.82, 2.24) is 5.32 Å². The number of hydrogen-bond acceptors (Lipinski definition) is 3. The fraction of sp³-hybridized carbons (Fsp3) is 0.545. The molecular formula is C11H16N2S. The zero-order chi connectivity index (χ0) is 11.0. The monoisotopic (exact) mass is 208 g/mol. The van der Waals surface area contributed by atoms with Gasteiger partial charge in [-0.25, -0.2) is 0 Å². The molecule has 1 N–H and O–H groups in total. The second-order valence-corrected chi connectivity index (χ2v) is 4.52. The van der Waals surface area contributed by atoms with Crippen LogP contribution in [0.1, 0.15) is 19.8 Å². The number of rotatable bonds is 6. The maximum absolute atomic E-state index is 8.92. The number of thioether (sulfide) groups is 1. The van der Waals surface area contributed by atoms with Crippen LogP contribution in [0.15, 0.2) is 12.3 Å². The number of nitrogens with zero attached hydrogens (tertiary/aromatic N) is 1. The molecule has 1 atom stereocenters. The molecule has 0 aromatic rings. The van der Waals surface area contributed by atoms with Crippen LogP contribution in [-0.2, 0) is 0 Å². The highest BCUT2D eigenvalue weighted by Gasteiger charge is 2.21. The average Bonchev–Trinajstić information content (AvgIpc) is 2.23. The van der Waals surface area contributed by atoms with E-state index >= 15 is 0 Å². The number of nitriles is 1. The van der Waals surface area contributed by atoms with Crippen molar-refractivity contribution in [2.45, 2.75) is 24.5 Å². The maximum Gasteiger partial charge on any atom is 0.0996 e. The molecule has 3 heteroatoms. The Morgan fingerprint density at radius 2 is 2.36 bits per heavy atom. The lowest BCUT2D eigenvalue weighted by Crippen LogP contribution is -2.19. The Bertz CT molecular complexity index is 272. The van der Waals surface area contributed by atoms with Gasteiger partial charge in [0, 0.05) is 5.70 Å². The molecular weight excluding hydrogens is 192 g/mol. The summed E-state index contributed by atoms with van der Waals surface area (Å²) in [7, 11) is 0. The zero-order valence-corrected chi connectivity index (χ0v) is 9.58. The largest absolute Gasteiger partial charge is 0.378 e. The molecule has 0 amide bonds. The molecule has 2 nitrogen and oxygen atoms in total. The number of allylic oxidation sites excluding steroid dienone is 1. The third-order valence-corrected chi connectivity index (χ3v) is 3.23. The van der Waals surface area contributed by atoms with E-state index in [0.29, 0.717) is 6.54 Å². The second-order valence-electron chi connectivity index (χ2n) is 3.21. The maximum atomic E-state index is 8.92. The summed E-state index contributed by atoms with van der Waals surface area (Å²) < 4.78 is -0.319. The SMILES string of the molecule is C#CCNC(=C)CCC(C)(C#N)SC. The van der Waals surface area contributed by atoms with Crippen LogP contribution in [0.5, 0.6) is 0 Å². The first kappa shape index (κ1) is 12.9. The van der Waals surface area contributed by atoms with Crippen LogP contribution in [-0.4, -0.2) is 17.5 Å². The standard InChI is InChI=1S/C11H16N2S/c1-5-8-13-10(2)6-7-11(3,9-12)14-4/h1,13H,2,6-8H2,3-4H3. The van der Waals surface area contributed by atoms with Crippen LogP contribution in [0.2, 0.25) is 0 Å². The van der Waals surface area contributed by atoms with E-state index in [4.69, 9.17) is 11.7 Å². The minimum atomic E-state index is -0.319. The van der Waals surface area contributed by atoms with E-state index in [1.165, 1.54) is 0 Å². The molecule has 0 bridgehead atoms. The van der Waals surface area contributed by atoms with Gasteiger partial charge in [-0.05, 0) is 26.0 Å². The number of terminal acetylenes is 1. The summed E-state index contributed by atoms with van der Waals surface area (Å²) in [6.45, 7) is 6.28. The van der Waals surface area contributed by atoms with E-state index in [-0.39, 0.29) is 4.75 Å². The molecule has 0 aromatic heterocycles. The molecule has 76 valence electrons. The highest BCUT2D eigenvalue weighted by atomic mass is 32.2. The first-order valence-corrected chi connectivity index (χ1v) is 5.62. The lowest BCUT2D eigenvalue weighted by Gasteiger charge is -2.19. The molecule has 1 unspecified atom stereocenters. The quantitative estimate of drug-likeness (QED) is 0.679. The van der Waals surface area contributed by atoms with Gasteiger partial charge in [0.25, 0.3) is 0 Å². The minimum absolute atomic E-state index is 0.319. The van der Waals surface area contributed by atoms with Crippen molar-refractivity contribution in [2.24, 2.45) is 0 Å². The molecule has 0 fully saturated rings. The topological polar surface area (TPSA) is 35.8 Å². The molecule has 0 aliphatic carbocycles. The molecule has 0 aromatic carbocycles. The van der Waals surface area contributed by atoms with Gasteiger partial charge in [0.1, 0.15) is 0 Å². The van der Waals surface area contributed by atoms with Crippen molar-refractivity contribution < 1.29 is 0 Å². The normalized spacial score (nSPS) is 13.4. The predicted octanol–water partition coefficient (Wildman–Crippen LogP) is 2.15. The van der Waals surface area contributed by atoms with E-state index in [0.717, 1.165) is 18.5 Å². The zero-order valence-electron chi connectivity index (χ0n) is 8.76. The Balaban J connectivity index is 3.89. The van der Waals surface area contributed by atoms with Gasteiger partial charge in [0.05, 0.1) is 17.4 Å². The first-order chi connectivity index (χ1) is 6.58. The van der Waals surface area contributed by atoms with Gasteiger partial charge in [0.15, 0.2) is 0 Å². The van der Waals surface area contributed by atoms with Crippen LogP contribution in [0.4, 0.5) is 0 Å². The van der Waals surface area contributed by atoms with Crippen LogP contribution < -0.4 is 5.32 Å². The average molecular weight is 208 g/mol. The van der Waals surface area contributed by atoms with E-state index in [2.05, 4.69) is 23.9 Å². The summed E-state index contributed by atoms with van der Waals surface area (Å²) in [6, 6.07) is 2.29. The van der Waals surface area contributed by atoms with E-state index < -0.39 is 0 Å². The van der Waals surface area contributed by atoms with E-state index in [9.17, 15) is 0 Å². The molecule has 0 aliphatic heterocycles. The first-order valence-electron chi connectivity index (χ1n) is 4.39. The van der Waals surface area contributed by atoms with Crippen molar-refractivity contribution in [3.05, 3.63) is 12.3 Å². The summed E-state index contributed by atoms with van der Waals surface area (Å²) >= 11 is 1.57. The Morgan fingerprint density at radius 1 is 1.71 bits per heavy atom. The second kappa shape index (κ2) is 6.40. The molecule has 0 saturated carbocycles. The lowest BCUT2D eigenvalue weighted by molar-refractivity contribution is 0.676. The van der Waals surface area contributed by atoms with Crippen LogP contribution in [0, 0.1) is 23.7 Å². The van der Waals surface area contributed by atoms with Crippen molar-refractivity contribution >= 4 is 11.8 Å². The van der Waals surface area contributed by atoms with E-state index in [1.54, 1.807) is 11.8 Å². The summed E-state index contributed by atoms with van der Waals surface area (Å²) in [6.07, 6.45) is 8.62. The number of hydrogen-bond donors (Lipinski definition) is 1. The Morgan fingerprint density at radius 3 is 2.79 bits per heavy atom. The van der Waals surface area contributed by atoms with Gasteiger partial charge < -0.3 is 5.32 Å². The summed E-state index contributed by atoms with van der Waals surface area (Å²) in [4.78, 5) is 0. The van der Waals surface area contributed by atoms with Crippen molar-refractivity contribution in [1.29, 1.82) is 5.26 Å².